The van der Waals surface area contributed by atoms with Crippen molar-refractivity contribution in [3.63, 3.8) is 0 Å². The van der Waals surface area contributed by atoms with Gasteiger partial charge >= 0.3 is 12.4 Å². The van der Waals surface area contributed by atoms with Crippen LogP contribution in [0.2, 0.25) is 0 Å². The first kappa shape index (κ1) is 26.5. The third kappa shape index (κ3) is 5.88. The molecule has 198 valence electrons. The summed E-state index contributed by atoms with van der Waals surface area (Å²) in [6, 6.07) is 7.59. The predicted octanol–water partition coefficient (Wildman–Crippen LogP) is 3.56. The zero-order valence-electron chi connectivity index (χ0n) is 19.3. The van der Waals surface area contributed by atoms with Crippen LogP contribution in [-0.2, 0) is 23.6 Å². The van der Waals surface area contributed by atoms with Crippen molar-refractivity contribution in [2.24, 2.45) is 5.84 Å². The number of aromatic nitrogens is 1. The number of nitrogens with two attached hydrogens (primary N) is 1. The van der Waals surface area contributed by atoms with Crippen molar-refractivity contribution in [3.8, 4) is 0 Å². The Labute approximate surface area is 207 Å². The second-order valence-electron chi connectivity index (χ2n) is 8.81. The Hall–Kier alpha value is -3.58. The van der Waals surface area contributed by atoms with E-state index in [1.165, 1.54) is 4.90 Å². The third-order valence-electron chi connectivity index (χ3n) is 6.32. The van der Waals surface area contributed by atoms with Crippen LogP contribution in [0.3, 0.4) is 0 Å². The second kappa shape index (κ2) is 10.1. The summed E-state index contributed by atoms with van der Waals surface area (Å²) < 4.78 is 80.2. The van der Waals surface area contributed by atoms with Gasteiger partial charge in [-0.3, -0.25) is 19.9 Å². The number of hydrogen-bond acceptors (Lipinski definition) is 4. The molecule has 0 aliphatic carbocycles. The zero-order valence-corrected chi connectivity index (χ0v) is 19.3. The zero-order chi connectivity index (χ0) is 27.0. The fourth-order valence-corrected chi connectivity index (χ4v) is 4.55. The van der Waals surface area contributed by atoms with Crippen LogP contribution >= 0.6 is 0 Å². The Kier molecular flexibility index (Phi) is 7.20. The Morgan fingerprint density at radius 3 is 2.27 bits per heavy atom. The van der Waals surface area contributed by atoms with Gasteiger partial charge in [0, 0.05) is 48.3 Å². The average Bonchev–Trinajstić information content (AvgIpc) is 3.25. The van der Waals surface area contributed by atoms with E-state index in [-0.39, 0.29) is 38.7 Å². The molecule has 1 fully saturated rings. The van der Waals surface area contributed by atoms with Gasteiger partial charge in [0.2, 0.25) is 5.91 Å². The molecule has 0 saturated carbocycles. The van der Waals surface area contributed by atoms with Crippen molar-refractivity contribution in [3.05, 3.63) is 70.9 Å². The molecule has 1 aromatic heterocycles. The summed E-state index contributed by atoms with van der Waals surface area (Å²) in [6.45, 7) is 0.240. The lowest BCUT2D eigenvalue weighted by atomic mass is 9.98. The quantitative estimate of drug-likeness (QED) is 0.205. The summed E-state index contributed by atoms with van der Waals surface area (Å²) >= 11 is 0. The van der Waals surface area contributed by atoms with Gasteiger partial charge in [-0.15, -0.1) is 0 Å². The van der Waals surface area contributed by atoms with E-state index in [1.54, 1.807) is 11.1 Å². The first-order valence-corrected chi connectivity index (χ1v) is 11.2. The SMILES string of the molecule is NNC(=O)CN1CCN(C(=O)c2cc(C(F)(F)F)cc(C(F)(F)F)c2)[C@H](Cc2c[nH]c3ccccc23)C1. The number of halogens is 6. The minimum Gasteiger partial charge on any atom is -0.361 e. The Morgan fingerprint density at radius 2 is 1.65 bits per heavy atom. The van der Waals surface area contributed by atoms with Gasteiger partial charge in [0.15, 0.2) is 0 Å². The molecule has 2 heterocycles. The lowest BCUT2D eigenvalue weighted by Crippen LogP contribution is -2.57. The number of benzene rings is 2. The molecular formula is C24H23F6N5O2. The fourth-order valence-electron chi connectivity index (χ4n) is 4.55. The van der Waals surface area contributed by atoms with Gasteiger partial charge in [0.1, 0.15) is 0 Å². The van der Waals surface area contributed by atoms with Crippen LogP contribution in [0.5, 0.6) is 0 Å². The number of carbonyl (C=O) groups excluding carboxylic acids is 2. The highest BCUT2D eigenvalue weighted by Gasteiger charge is 2.39. The van der Waals surface area contributed by atoms with Crippen LogP contribution in [-0.4, -0.2) is 58.8 Å². The number of para-hydroxylation sites is 1. The molecule has 1 aliphatic rings. The normalized spacial score (nSPS) is 17.3. The van der Waals surface area contributed by atoms with Crippen molar-refractivity contribution in [2.45, 2.75) is 24.8 Å². The maximum absolute atomic E-state index is 13.4. The van der Waals surface area contributed by atoms with E-state index < -0.39 is 46.9 Å². The summed E-state index contributed by atoms with van der Waals surface area (Å²) in [5.74, 6) is 3.74. The predicted molar refractivity (Wildman–Crippen MR) is 122 cm³/mol. The number of hydrogen-bond donors (Lipinski definition) is 3. The summed E-state index contributed by atoms with van der Waals surface area (Å²) in [5, 5.41) is 0.866. The number of hydrazine groups is 1. The highest BCUT2D eigenvalue weighted by molar-refractivity contribution is 5.95. The molecule has 0 bridgehead atoms. The van der Waals surface area contributed by atoms with E-state index in [4.69, 9.17) is 5.84 Å². The van der Waals surface area contributed by atoms with Gasteiger partial charge < -0.3 is 9.88 Å². The molecule has 4 rings (SSSR count). The smallest absolute Gasteiger partial charge is 0.361 e. The van der Waals surface area contributed by atoms with Crippen molar-refractivity contribution in [1.82, 2.24) is 20.2 Å². The maximum atomic E-state index is 13.4. The molecule has 37 heavy (non-hydrogen) atoms. The van der Waals surface area contributed by atoms with E-state index in [0.29, 0.717) is 12.1 Å². The number of carbonyl (C=O) groups is 2. The Balaban J connectivity index is 1.70. The van der Waals surface area contributed by atoms with Crippen LogP contribution < -0.4 is 11.3 Å². The number of rotatable bonds is 5. The summed E-state index contributed by atoms with van der Waals surface area (Å²) in [7, 11) is 0. The molecule has 3 aromatic rings. The minimum absolute atomic E-state index is 0.0103. The van der Waals surface area contributed by atoms with E-state index in [1.807, 2.05) is 29.7 Å². The maximum Gasteiger partial charge on any atom is 0.416 e. The lowest BCUT2D eigenvalue weighted by molar-refractivity contribution is -0.143. The van der Waals surface area contributed by atoms with Crippen LogP contribution in [0.1, 0.15) is 27.0 Å². The molecule has 13 heteroatoms. The van der Waals surface area contributed by atoms with Gasteiger partial charge in [-0.05, 0) is 36.2 Å². The molecule has 0 unspecified atom stereocenters. The monoisotopic (exact) mass is 527 g/mol. The van der Waals surface area contributed by atoms with E-state index in [9.17, 15) is 35.9 Å². The summed E-state index contributed by atoms with van der Waals surface area (Å²) in [4.78, 5) is 31.3. The van der Waals surface area contributed by atoms with Crippen LogP contribution in [0.25, 0.3) is 10.9 Å². The Bertz CT molecular complexity index is 1270. The molecule has 7 nitrogen and oxygen atoms in total. The largest absolute Gasteiger partial charge is 0.416 e. The number of piperazine rings is 1. The molecule has 1 saturated heterocycles. The molecule has 2 aromatic carbocycles. The molecule has 0 spiro atoms. The molecule has 4 N–H and O–H groups in total. The first-order valence-electron chi connectivity index (χ1n) is 11.2. The van der Waals surface area contributed by atoms with Gasteiger partial charge in [-0.1, -0.05) is 18.2 Å². The third-order valence-corrected chi connectivity index (χ3v) is 6.32. The first-order chi connectivity index (χ1) is 17.4. The standard InChI is InChI=1S/C24H23F6N5O2/c25-23(26,27)16-7-14(8-17(10-16)24(28,29)30)22(37)35-6-5-34(13-21(36)33-31)12-18(35)9-15-11-32-20-4-2-1-3-19(15)20/h1-4,7-8,10-11,18,32H,5-6,9,12-13,31H2,(H,33,36)/t18-/m1/s1. The van der Waals surface area contributed by atoms with Gasteiger partial charge in [-0.25, -0.2) is 5.84 Å². The molecular weight excluding hydrogens is 504 g/mol. The van der Waals surface area contributed by atoms with Crippen LogP contribution in [0.15, 0.2) is 48.7 Å². The summed E-state index contributed by atoms with van der Waals surface area (Å²) in [5.41, 5.74) is -0.167. The van der Waals surface area contributed by atoms with E-state index in [2.05, 4.69) is 4.98 Å². The van der Waals surface area contributed by atoms with Crippen LogP contribution in [0, 0.1) is 0 Å². The molecule has 2 amide bonds. The van der Waals surface area contributed by atoms with Gasteiger partial charge in [0.05, 0.1) is 17.7 Å². The van der Waals surface area contributed by atoms with Crippen molar-refractivity contribution >= 4 is 22.7 Å². The summed E-state index contributed by atoms with van der Waals surface area (Å²) in [6.07, 6.45) is -8.16. The van der Waals surface area contributed by atoms with Crippen molar-refractivity contribution in [1.29, 1.82) is 0 Å². The van der Waals surface area contributed by atoms with Crippen molar-refractivity contribution < 1.29 is 35.9 Å². The molecule has 1 aliphatic heterocycles. The number of aromatic amines is 1. The number of fused-ring (bicyclic) bond motifs is 1. The van der Waals surface area contributed by atoms with Crippen LogP contribution in [0.4, 0.5) is 26.3 Å². The lowest BCUT2D eigenvalue weighted by Gasteiger charge is -2.41. The average molecular weight is 527 g/mol. The number of nitrogens with zero attached hydrogens (tertiary/aromatic N) is 2. The highest BCUT2D eigenvalue weighted by atomic mass is 19.4. The topological polar surface area (TPSA) is 94.5 Å². The van der Waals surface area contributed by atoms with Crippen molar-refractivity contribution in [2.75, 3.05) is 26.2 Å². The highest BCUT2D eigenvalue weighted by Crippen LogP contribution is 2.37. The number of nitrogens with one attached hydrogen (secondary N) is 2. The fraction of sp³-hybridized carbons (Fsp3) is 0.333. The Morgan fingerprint density at radius 1 is 1.00 bits per heavy atom. The van der Waals surface area contributed by atoms with E-state index in [0.717, 1.165) is 16.5 Å². The van der Waals surface area contributed by atoms with Gasteiger partial charge in [-0.2, -0.15) is 26.3 Å². The molecule has 0 radical (unpaired) electrons. The second-order valence-corrected chi connectivity index (χ2v) is 8.81. The number of H-pyrrole nitrogens is 1. The number of alkyl halides is 6. The minimum atomic E-state index is -5.08. The van der Waals surface area contributed by atoms with Gasteiger partial charge in [0.25, 0.3) is 5.91 Å². The van der Waals surface area contributed by atoms with E-state index >= 15 is 0 Å². The molecule has 1 atom stereocenters. The number of amides is 2.